The lowest BCUT2D eigenvalue weighted by atomic mass is 9.96. The lowest BCUT2D eigenvalue weighted by Gasteiger charge is -2.20. The lowest BCUT2D eigenvalue weighted by molar-refractivity contribution is 0.147. The van der Waals surface area contributed by atoms with Gasteiger partial charge in [-0.2, -0.15) is 0 Å². The third-order valence-electron chi connectivity index (χ3n) is 3.30. The summed E-state index contributed by atoms with van der Waals surface area (Å²) >= 11 is 0. The molecule has 2 rings (SSSR count). The number of rotatable bonds is 5. The number of aliphatic hydroxyl groups is 1. The second kappa shape index (κ2) is 6.41. The Morgan fingerprint density at radius 3 is 1.60 bits per heavy atom. The molecular weight excluding hydrogens is 254 g/mol. The molecule has 2 aromatic rings. The summed E-state index contributed by atoms with van der Waals surface area (Å²) in [7, 11) is 3.22. The highest BCUT2D eigenvalue weighted by atomic mass is 16.5. The third-order valence-corrected chi connectivity index (χ3v) is 3.30. The Balaban J connectivity index is 2.15. The summed E-state index contributed by atoms with van der Waals surface area (Å²) in [6, 6.07) is 14.1. The van der Waals surface area contributed by atoms with E-state index in [0.717, 1.165) is 22.6 Å². The summed E-state index contributed by atoms with van der Waals surface area (Å²) in [5.74, 6) is 1.51. The average Bonchev–Trinajstić information content (AvgIpc) is 2.53. The van der Waals surface area contributed by atoms with Gasteiger partial charge in [0.1, 0.15) is 11.5 Å². The van der Waals surface area contributed by atoms with Gasteiger partial charge in [0.15, 0.2) is 0 Å². The van der Waals surface area contributed by atoms with Crippen LogP contribution in [0, 0.1) is 0 Å². The van der Waals surface area contributed by atoms with E-state index in [-0.39, 0.29) is 0 Å². The fourth-order valence-corrected chi connectivity index (χ4v) is 2.02. The zero-order chi connectivity index (χ0) is 14.5. The summed E-state index contributed by atoms with van der Waals surface area (Å²) in [6.07, 6.45) is -0.769. The molecule has 0 aliphatic rings. The minimum atomic E-state index is -0.769. The average molecular weight is 273 g/mol. The van der Waals surface area contributed by atoms with E-state index in [9.17, 15) is 5.11 Å². The van der Waals surface area contributed by atoms with Crippen LogP contribution in [0.25, 0.3) is 0 Å². The van der Waals surface area contributed by atoms with Crippen molar-refractivity contribution in [2.45, 2.75) is 12.1 Å². The first-order valence-corrected chi connectivity index (χ1v) is 6.37. The quantitative estimate of drug-likeness (QED) is 0.878. The number of ether oxygens (including phenoxy) is 2. The number of aliphatic hydroxyl groups excluding tert-OH is 1. The molecular formula is C16H19NO3. The van der Waals surface area contributed by atoms with E-state index in [1.54, 1.807) is 26.4 Å². The van der Waals surface area contributed by atoms with Crippen LogP contribution in [0.15, 0.2) is 48.5 Å². The number of hydrogen-bond donors (Lipinski definition) is 2. The Bertz CT molecular complexity index is 485. The number of nitrogens with two attached hydrogens (primary N) is 1. The van der Waals surface area contributed by atoms with Gasteiger partial charge in [-0.25, -0.2) is 0 Å². The van der Waals surface area contributed by atoms with Gasteiger partial charge in [0, 0.05) is 0 Å². The SMILES string of the molecule is COc1ccc([C@H](N)[C@@H](O)c2ccc(OC)cc2)cc1. The van der Waals surface area contributed by atoms with E-state index in [0.29, 0.717) is 0 Å². The smallest absolute Gasteiger partial charge is 0.118 e. The van der Waals surface area contributed by atoms with Crippen LogP contribution in [-0.4, -0.2) is 19.3 Å². The Hall–Kier alpha value is -2.04. The fraction of sp³-hybridized carbons (Fsp3) is 0.250. The molecule has 0 spiro atoms. The van der Waals surface area contributed by atoms with Gasteiger partial charge in [0.05, 0.1) is 26.4 Å². The zero-order valence-electron chi connectivity index (χ0n) is 11.6. The monoisotopic (exact) mass is 273 g/mol. The van der Waals surface area contributed by atoms with Crippen LogP contribution in [0.5, 0.6) is 11.5 Å². The first-order chi connectivity index (χ1) is 9.65. The van der Waals surface area contributed by atoms with Gasteiger partial charge in [0.25, 0.3) is 0 Å². The Morgan fingerprint density at radius 1 is 0.800 bits per heavy atom. The summed E-state index contributed by atoms with van der Waals surface area (Å²) < 4.78 is 10.2. The first-order valence-electron chi connectivity index (χ1n) is 6.37. The van der Waals surface area contributed by atoms with Crippen molar-refractivity contribution >= 4 is 0 Å². The van der Waals surface area contributed by atoms with Crippen LogP contribution in [0.3, 0.4) is 0 Å². The Morgan fingerprint density at radius 2 is 1.20 bits per heavy atom. The van der Waals surface area contributed by atoms with Crippen molar-refractivity contribution in [2.75, 3.05) is 14.2 Å². The molecule has 0 aliphatic heterocycles. The highest BCUT2D eigenvalue weighted by Gasteiger charge is 2.18. The summed E-state index contributed by atoms with van der Waals surface area (Å²) in [5.41, 5.74) is 7.72. The highest BCUT2D eigenvalue weighted by Crippen LogP contribution is 2.28. The number of methoxy groups -OCH3 is 2. The van der Waals surface area contributed by atoms with Gasteiger partial charge in [-0.1, -0.05) is 24.3 Å². The summed E-state index contributed by atoms with van der Waals surface area (Å²) in [4.78, 5) is 0. The highest BCUT2D eigenvalue weighted by molar-refractivity contribution is 5.33. The molecule has 0 amide bonds. The van der Waals surface area contributed by atoms with E-state index < -0.39 is 12.1 Å². The van der Waals surface area contributed by atoms with Crippen LogP contribution < -0.4 is 15.2 Å². The molecule has 20 heavy (non-hydrogen) atoms. The third kappa shape index (κ3) is 3.10. The minimum absolute atomic E-state index is 0.491. The van der Waals surface area contributed by atoms with Crippen LogP contribution in [0.1, 0.15) is 23.3 Å². The Labute approximate surface area is 118 Å². The number of benzene rings is 2. The molecule has 106 valence electrons. The van der Waals surface area contributed by atoms with Crippen molar-refractivity contribution < 1.29 is 14.6 Å². The maximum Gasteiger partial charge on any atom is 0.118 e. The van der Waals surface area contributed by atoms with Gasteiger partial charge in [-0.05, 0) is 35.4 Å². The van der Waals surface area contributed by atoms with Gasteiger partial charge in [-0.15, -0.1) is 0 Å². The fourth-order valence-electron chi connectivity index (χ4n) is 2.02. The van der Waals surface area contributed by atoms with Crippen molar-refractivity contribution in [3.05, 3.63) is 59.7 Å². The molecule has 0 bridgehead atoms. The second-order valence-corrected chi connectivity index (χ2v) is 4.52. The summed E-state index contributed by atoms with van der Waals surface area (Å²) in [6.45, 7) is 0. The first kappa shape index (κ1) is 14.4. The normalized spacial score (nSPS) is 13.6. The van der Waals surface area contributed by atoms with Gasteiger partial charge in [-0.3, -0.25) is 0 Å². The zero-order valence-corrected chi connectivity index (χ0v) is 11.6. The molecule has 0 unspecified atom stereocenters. The maximum atomic E-state index is 10.3. The van der Waals surface area contributed by atoms with Crippen molar-refractivity contribution in [1.82, 2.24) is 0 Å². The van der Waals surface area contributed by atoms with Crippen molar-refractivity contribution in [1.29, 1.82) is 0 Å². The van der Waals surface area contributed by atoms with Gasteiger partial charge in [0.2, 0.25) is 0 Å². The molecule has 3 N–H and O–H groups in total. The molecule has 4 heteroatoms. The van der Waals surface area contributed by atoms with E-state index >= 15 is 0 Å². The van der Waals surface area contributed by atoms with Crippen molar-refractivity contribution in [2.24, 2.45) is 5.73 Å². The molecule has 0 fully saturated rings. The van der Waals surface area contributed by atoms with E-state index in [2.05, 4.69) is 0 Å². The predicted molar refractivity (Wildman–Crippen MR) is 77.9 cm³/mol. The van der Waals surface area contributed by atoms with E-state index in [1.807, 2.05) is 36.4 Å². The molecule has 4 nitrogen and oxygen atoms in total. The largest absolute Gasteiger partial charge is 0.497 e. The van der Waals surface area contributed by atoms with Crippen molar-refractivity contribution in [3.63, 3.8) is 0 Å². The molecule has 2 atom stereocenters. The molecule has 0 aliphatic carbocycles. The predicted octanol–water partition coefficient (Wildman–Crippen LogP) is 2.44. The van der Waals surface area contributed by atoms with Gasteiger partial charge >= 0.3 is 0 Å². The minimum Gasteiger partial charge on any atom is -0.497 e. The molecule has 0 aromatic heterocycles. The van der Waals surface area contributed by atoms with Crippen molar-refractivity contribution in [3.8, 4) is 11.5 Å². The molecule has 0 radical (unpaired) electrons. The standard InChI is InChI=1S/C16H19NO3/c1-19-13-7-3-11(4-8-13)15(17)16(18)12-5-9-14(20-2)10-6-12/h3-10,15-16,18H,17H2,1-2H3/t15-,16-/m0/s1. The topological polar surface area (TPSA) is 64.7 Å². The van der Waals surface area contributed by atoms with E-state index in [4.69, 9.17) is 15.2 Å². The van der Waals surface area contributed by atoms with Crippen LogP contribution >= 0.6 is 0 Å². The van der Waals surface area contributed by atoms with Crippen LogP contribution in [0.2, 0.25) is 0 Å². The second-order valence-electron chi connectivity index (χ2n) is 4.52. The summed E-state index contributed by atoms with van der Waals surface area (Å²) in [5, 5.41) is 10.3. The lowest BCUT2D eigenvalue weighted by Crippen LogP contribution is -2.19. The molecule has 0 heterocycles. The van der Waals surface area contributed by atoms with Gasteiger partial charge < -0.3 is 20.3 Å². The Kier molecular flexibility index (Phi) is 4.61. The van der Waals surface area contributed by atoms with E-state index in [1.165, 1.54) is 0 Å². The molecule has 2 aromatic carbocycles. The molecule has 0 saturated carbocycles. The number of hydrogen-bond acceptors (Lipinski definition) is 4. The molecule has 0 saturated heterocycles. The van der Waals surface area contributed by atoms with Crippen LogP contribution in [-0.2, 0) is 0 Å². The van der Waals surface area contributed by atoms with Crippen LogP contribution in [0.4, 0.5) is 0 Å². The maximum absolute atomic E-state index is 10.3.